The van der Waals surface area contributed by atoms with Gasteiger partial charge in [0.15, 0.2) is 6.61 Å². The van der Waals surface area contributed by atoms with Gasteiger partial charge in [0.2, 0.25) is 0 Å². The van der Waals surface area contributed by atoms with Crippen molar-refractivity contribution in [2.75, 3.05) is 26.9 Å². The van der Waals surface area contributed by atoms with E-state index < -0.39 is 5.97 Å². The monoisotopic (exact) mass is 319 g/mol. The summed E-state index contributed by atoms with van der Waals surface area (Å²) in [5.74, 6) is -0.776. The lowest BCUT2D eigenvalue weighted by Crippen LogP contribution is -2.30. The van der Waals surface area contributed by atoms with Crippen LogP contribution < -0.4 is 5.32 Å². The SMILES string of the molecule is COCCCNC(=O)COC(=O)Cc1coc2cc(C)ccc12. The van der Waals surface area contributed by atoms with Gasteiger partial charge in [0, 0.05) is 31.2 Å². The summed E-state index contributed by atoms with van der Waals surface area (Å²) in [4.78, 5) is 23.4. The summed E-state index contributed by atoms with van der Waals surface area (Å²) in [5.41, 5.74) is 2.58. The van der Waals surface area contributed by atoms with E-state index in [1.165, 1.54) is 0 Å². The Morgan fingerprint density at radius 1 is 1.30 bits per heavy atom. The summed E-state index contributed by atoms with van der Waals surface area (Å²) in [6.45, 7) is 2.77. The van der Waals surface area contributed by atoms with Crippen molar-refractivity contribution in [3.63, 3.8) is 0 Å². The first-order valence-corrected chi connectivity index (χ1v) is 7.48. The molecule has 0 atom stereocenters. The van der Waals surface area contributed by atoms with Crippen molar-refractivity contribution in [3.05, 3.63) is 35.6 Å². The van der Waals surface area contributed by atoms with Crippen molar-refractivity contribution in [1.82, 2.24) is 5.32 Å². The fourth-order valence-electron chi connectivity index (χ4n) is 2.18. The van der Waals surface area contributed by atoms with Crippen LogP contribution in [0.4, 0.5) is 0 Å². The highest BCUT2D eigenvalue weighted by Gasteiger charge is 2.13. The molecule has 6 heteroatoms. The van der Waals surface area contributed by atoms with Gasteiger partial charge in [-0.05, 0) is 25.0 Å². The number of methoxy groups -OCH3 is 1. The zero-order valence-electron chi connectivity index (χ0n) is 13.4. The number of carbonyl (C=O) groups excluding carboxylic acids is 2. The average molecular weight is 319 g/mol. The van der Waals surface area contributed by atoms with Crippen LogP contribution in [0.1, 0.15) is 17.5 Å². The molecule has 1 amide bonds. The number of amides is 1. The first-order valence-electron chi connectivity index (χ1n) is 7.48. The minimum atomic E-state index is -0.458. The topological polar surface area (TPSA) is 77.8 Å². The molecule has 124 valence electrons. The van der Waals surface area contributed by atoms with Gasteiger partial charge < -0.3 is 19.2 Å². The number of furan rings is 1. The lowest BCUT2D eigenvalue weighted by Gasteiger charge is -2.06. The maximum atomic E-state index is 11.8. The molecule has 0 fully saturated rings. The fourth-order valence-corrected chi connectivity index (χ4v) is 2.18. The van der Waals surface area contributed by atoms with Crippen LogP contribution in [0.3, 0.4) is 0 Å². The quantitative estimate of drug-likeness (QED) is 0.594. The summed E-state index contributed by atoms with van der Waals surface area (Å²) < 4.78 is 15.3. The highest BCUT2D eigenvalue weighted by molar-refractivity contribution is 5.87. The number of benzene rings is 1. The van der Waals surface area contributed by atoms with Crippen LogP contribution in [-0.4, -0.2) is 38.7 Å². The Morgan fingerprint density at radius 3 is 2.91 bits per heavy atom. The van der Waals surface area contributed by atoms with Crippen LogP contribution in [0.5, 0.6) is 0 Å². The molecule has 23 heavy (non-hydrogen) atoms. The molecule has 0 aliphatic carbocycles. The Bertz CT molecular complexity index is 677. The molecule has 6 nitrogen and oxygen atoms in total. The zero-order chi connectivity index (χ0) is 16.7. The highest BCUT2D eigenvalue weighted by atomic mass is 16.5. The number of ether oxygens (including phenoxy) is 2. The van der Waals surface area contributed by atoms with Gasteiger partial charge in [0.1, 0.15) is 5.58 Å². The largest absolute Gasteiger partial charge is 0.464 e. The zero-order valence-corrected chi connectivity index (χ0v) is 13.4. The number of rotatable bonds is 8. The number of hydrogen-bond acceptors (Lipinski definition) is 5. The molecule has 0 unspecified atom stereocenters. The third-order valence-corrected chi connectivity index (χ3v) is 3.36. The molecular weight excluding hydrogens is 298 g/mol. The second kappa shape index (κ2) is 8.33. The van der Waals surface area contributed by atoms with Gasteiger partial charge in [-0.3, -0.25) is 9.59 Å². The third-order valence-electron chi connectivity index (χ3n) is 3.36. The summed E-state index contributed by atoms with van der Waals surface area (Å²) in [7, 11) is 1.60. The summed E-state index contributed by atoms with van der Waals surface area (Å²) in [6.07, 6.45) is 2.35. The number of nitrogens with one attached hydrogen (secondary N) is 1. The van der Waals surface area contributed by atoms with E-state index >= 15 is 0 Å². The van der Waals surface area contributed by atoms with Crippen molar-refractivity contribution >= 4 is 22.8 Å². The number of aryl methyl sites for hydroxylation is 1. The predicted molar refractivity (Wildman–Crippen MR) is 85.1 cm³/mol. The fraction of sp³-hybridized carbons (Fsp3) is 0.412. The normalized spacial score (nSPS) is 10.7. The molecule has 0 aliphatic rings. The van der Waals surface area contributed by atoms with Gasteiger partial charge in [0.05, 0.1) is 12.7 Å². The standard InChI is InChI=1S/C17H21NO5/c1-12-4-5-14-13(10-22-15(14)8-12)9-17(20)23-11-16(19)18-6-3-7-21-2/h4-5,8,10H,3,6-7,9,11H2,1-2H3,(H,18,19). The summed E-state index contributed by atoms with van der Waals surface area (Å²) in [6, 6.07) is 5.79. The third kappa shape index (κ3) is 5.10. The van der Waals surface area contributed by atoms with E-state index in [1.807, 2.05) is 25.1 Å². The van der Waals surface area contributed by atoms with E-state index in [1.54, 1.807) is 13.4 Å². The highest BCUT2D eigenvalue weighted by Crippen LogP contribution is 2.22. The molecule has 2 aromatic rings. The maximum absolute atomic E-state index is 11.8. The first kappa shape index (κ1) is 17.0. The Hall–Kier alpha value is -2.34. The van der Waals surface area contributed by atoms with E-state index in [0.717, 1.165) is 28.5 Å². The molecule has 0 aliphatic heterocycles. The van der Waals surface area contributed by atoms with Crippen molar-refractivity contribution in [1.29, 1.82) is 0 Å². The molecule has 1 N–H and O–H groups in total. The Labute approximate surface area is 134 Å². The number of esters is 1. The van der Waals surface area contributed by atoms with Gasteiger partial charge in [-0.15, -0.1) is 0 Å². The van der Waals surface area contributed by atoms with Crippen LogP contribution in [-0.2, 0) is 25.5 Å². The van der Waals surface area contributed by atoms with Crippen LogP contribution >= 0.6 is 0 Å². The number of hydrogen-bond donors (Lipinski definition) is 1. The molecule has 0 saturated heterocycles. The van der Waals surface area contributed by atoms with E-state index in [9.17, 15) is 9.59 Å². The molecule has 0 saturated carbocycles. The first-order chi connectivity index (χ1) is 11.1. The van der Waals surface area contributed by atoms with Gasteiger partial charge in [0.25, 0.3) is 5.91 Å². The van der Waals surface area contributed by atoms with Crippen LogP contribution in [0, 0.1) is 6.92 Å². The van der Waals surface area contributed by atoms with E-state index in [0.29, 0.717) is 13.2 Å². The molecule has 2 rings (SSSR count). The summed E-state index contributed by atoms with van der Waals surface area (Å²) in [5, 5.41) is 3.54. The maximum Gasteiger partial charge on any atom is 0.310 e. The van der Waals surface area contributed by atoms with Crippen molar-refractivity contribution in [3.8, 4) is 0 Å². The molecule has 0 radical (unpaired) electrons. The van der Waals surface area contributed by atoms with Crippen LogP contribution in [0.25, 0.3) is 11.0 Å². The predicted octanol–water partition coefficient (Wildman–Crippen LogP) is 1.98. The molecule has 1 aromatic carbocycles. The minimum Gasteiger partial charge on any atom is -0.464 e. The smallest absolute Gasteiger partial charge is 0.310 e. The second-order valence-electron chi connectivity index (χ2n) is 5.29. The van der Waals surface area contributed by atoms with Gasteiger partial charge in [-0.2, -0.15) is 0 Å². The van der Waals surface area contributed by atoms with Crippen molar-refractivity contribution in [2.45, 2.75) is 19.8 Å². The van der Waals surface area contributed by atoms with Crippen molar-refractivity contribution < 1.29 is 23.5 Å². The average Bonchev–Trinajstić information content (AvgIpc) is 2.91. The van der Waals surface area contributed by atoms with Crippen LogP contribution in [0.2, 0.25) is 0 Å². The molecule has 1 heterocycles. The van der Waals surface area contributed by atoms with Gasteiger partial charge in [-0.1, -0.05) is 12.1 Å². The van der Waals surface area contributed by atoms with Crippen LogP contribution in [0.15, 0.2) is 28.9 Å². The molecule has 1 aromatic heterocycles. The van der Waals surface area contributed by atoms with Gasteiger partial charge in [-0.25, -0.2) is 0 Å². The number of fused-ring (bicyclic) bond motifs is 1. The Morgan fingerprint density at radius 2 is 2.13 bits per heavy atom. The van der Waals surface area contributed by atoms with Crippen molar-refractivity contribution in [2.24, 2.45) is 0 Å². The minimum absolute atomic E-state index is 0.0764. The molecule has 0 bridgehead atoms. The lowest BCUT2D eigenvalue weighted by molar-refractivity contribution is -0.147. The molecule has 0 spiro atoms. The van der Waals surface area contributed by atoms with E-state index in [-0.39, 0.29) is 18.9 Å². The number of carbonyl (C=O) groups is 2. The lowest BCUT2D eigenvalue weighted by atomic mass is 10.1. The Balaban J connectivity index is 1.79. The van der Waals surface area contributed by atoms with Gasteiger partial charge >= 0.3 is 5.97 Å². The Kier molecular flexibility index (Phi) is 6.17. The molecular formula is C17H21NO5. The van der Waals surface area contributed by atoms with E-state index in [4.69, 9.17) is 13.9 Å². The second-order valence-corrected chi connectivity index (χ2v) is 5.29. The van der Waals surface area contributed by atoms with E-state index in [2.05, 4.69) is 5.32 Å². The summed E-state index contributed by atoms with van der Waals surface area (Å²) >= 11 is 0.